The standard InChI is InChI=1S/C22H31F3N6O/c1-16(2)13-20(21-26-27-28-31(21)15-19-7-4-12-32-19)30-10-8-29(9-11-30)18-6-3-5-17(14-18)22(23,24)25/h3,5-6,14,16,19-20H,4,7-13,15H2,1-2H3/t19-,20+/m0/s1. The molecule has 7 nitrogen and oxygen atoms in total. The number of halogens is 3. The molecule has 10 heteroatoms. The number of ether oxygens (including phenoxy) is 1. The van der Waals surface area contributed by atoms with Gasteiger partial charge in [-0.3, -0.25) is 4.90 Å². The quantitative estimate of drug-likeness (QED) is 0.637. The van der Waals surface area contributed by atoms with Crippen LogP contribution in [0.3, 0.4) is 0 Å². The van der Waals surface area contributed by atoms with Crippen LogP contribution in [0.25, 0.3) is 0 Å². The molecule has 0 radical (unpaired) electrons. The van der Waals surface area contributed by atoms with Crippen molar-refractivity contribution < 1.29 is 17.9 Å². The molecule has 0 spiro atoms. The molecule has 0 N–H and O–H groups in total. The molecule has 32 heavy (non-hydrogen) atoms. The number of benzene rings is 1. The highest BCUT2D eigenvalue weighted by atomic mass is 19.4. The Kier molecular flexibility index (Phi) is 6.99. The maximum Gasteiger partial charge on any atom is 0.416 e. The third kappa shape index (κ3) is 5.40. The molecular formula is C22H31F3N6O. The van der Waals surface area contributed by atoms with E-state index in [0.717, 1.165) is 50.8 Å². The lowest BCUT2D eigenvalue weighted by atomic mass is 10.0. The lowest BCUT2D eigenvalue weighted by Gasteiger charge is -2.40. The average molecular weight is 453 g/mol. The molecule has 3 heterocycles. The van der Waals surface area contributed by atoms with Gasteiger partial charge < -0.3 is 9.64 Å². The van der Waals surface area contributed by atoms with Gasteiger partial charge in [0.15, 0.2) is 5.82 Å². The maximum atomic E-state index is 13.1. The molecule has 176 valence electrons. The molecule has 0 bridgehead atoms. The number of hydrogen-bond donors (Lipinski definition) is 0. The Morgan fingerprint density at radius 1 is 1.16 bits per heavy atom. The predicted octanol–water partition coefficient (Wildman–Crippen LogP) is 3.78. The molecule has 2 fully saturated rings. The second-order valence-electron chi connectivity index (χ2n) is 9.07. The van der Waals surface area contributed by atoms with Gasteiger partial charge in [0.05, 0.1) is 24.3 Å². The highest BCUT2D eigenvalue weighted by molar-refractivity contribution is 5.49. The van der Waals surface area contributed by atoms with Gasteiger partial charge in [0.25, 0.3) is 0 Å². The first-order chi connectivity index (χ1) is 15.3. The predicted molar refractivity (Wildman–Crippen MR) is 114 cm³/mol. The van der Waals surface area contributed by atoms with Crippen molar-refractivity contribution in [1.82, 2.24) is 25.1 Å². The second kappa shape index (κ2) is 9.74. The van der Waals surface area contributed by atoms with Crippen LogP contribution >= 0.6 is 0 Å². The number of piperazine rings is 1. The van der Waals surface area contributed by atoms with Crippen molar-refractivity contribution in [3.63, 3.8) is 0 Å². The van der Waals surface area contributed by atoms with Crippen molar-refractivity contribution in [2.75, 3.05) is 37.7 Å². The summed E-state index contributed by atoms with van der Waals surface area (Å²) >= 11 is 0. The van der Waals surface area contributed by atoms with Crippen LogP contribution in [0.15, 0.2) is 24.3 Å². The summed E-state index contributed by atoms with van der Waals surface area (Å²) in [5, 5.41) is 12.5. The molecule has 2 aliphatic rings. The van der Waals surface area contributed by atoms with Gasteiger partial charge in [-0.1, -0.05) is 19.9 Å². The van der Waals surface area contributed by atoms with Crippen LogP contribution in [-0.2, 0) is 17.5 Å². The number of hydrogen-bond acceptors (Lipinski definition) is 6. The highest BCUT2D eigenvalue weighted by Crippen LogP contribution is 2.33. The van der Waals surface area contributed by atoms with E-state index in [1.807, 2.05) is 9.58 Å². The van der Waals surface area contributed by atoms with Gasteiger partial charge in [0, 0.05) is 38.5 Å². The fourth-order valence-corrected chi connectivity index (χ4v) is 4.60. The lowest BCUT2D eigenvalue weighted by Crippen LogP contribution is -2.48. The zero-order valence-electron chi connectivity index (χ0n) is 18.6. The summed E-state index contributed by atoms with van der Waals surface area (Å²) in [5.74, 6) is 1.30. The third-order valence-corrected chi connectivity index (χ3v) is 6.25. The zero-order chi connectivity index (χ0) is 22.7. The molecule has 0 saturated carbocycles. The Hall–Kier alpha value is -2.20. The highest BCUT2D eigenvalue weighted by Gasteiger charge is 2.33. The maximum absolute atomic E-state index is 13.1. The summed E-state index contributed by atoms with van der Waals surface area (Å²) < 4.78 is 47.0. The van der Waals surface area contributed by atoms with Crippen molar-refractivity contribution in [3.05, 3.63) is 35.7 Å². The van der Waals surface area contributed by atoms with Crippen molar-refractivity contribution >= 4 is 5.69 Å². The molecule has 0 aliphatic carbocycles. The molecule has 1 aromatic heterocycles. The van der Waals surface area contributed by atoms with Crippen LogP contribution < -0.4 is 4.90 Å². The van der Waals surface area contributed by atoms with Crippen LogP contribution in [0.4, 0.5) is 18.9 Å². The van der Waals surface area contributed by atoms with E-state index in [0.29, 0.717) is 31.2 Å². The van der Waals surface area contributed by atoms with Crippen molar-refractivity contribution in [1.29, 1.82) is 0 Å². The van der Waals surface area contributed by atoms with E-state index in [2.05, 4.69) is 34.3 Å². The van der Waals surface area contributed by atoms with E-state index in [-0.39, 0.29) is 12.1 Å². The Morgan fingerprint density at radius 2 is 1.94 bits per heavy atom. The van der Waals surface area contributed by atoms with Gasteiger partial charge in [-0.15, -0.1) is 5.10 Å². The van der Waals surface area contributed by atoms with Gasteiger partial charge in [-0.2, -0.15) is 13.2 Å². The molecule has 4 rings (SSSR count). The number of alkyl halides is 3. The largest absolute Gasteiger partial charge is 0.416 e. The summed E-state index contributed by atoms with van der Waals surface area (Å²) in [6.45, 7) is 8.59. The fraction of sp³-hybridized carbons (Fsp3) is 0.682. The third-order valence-electron chi connectivity index (χ3n) is 6.25. The van der Waals surface area contributed by atoms with Gasteiger partial charge in [-0.05, 0) is 53.8 Å². The molecule has 0 amide bonds. The zero-order valence-corrected chi connectivity index (χ0v) is 18.6. The monoisotopic (exact) mass is 452 g/mol. The van der Waals surface area contributed by atoms with E-state index in [1.165, 1.54) is 12.1 Å². The van der Waals surface area contributed by atoms with E-state index in [9.17, 15) is 13.2 Å². The number of tetrazole rings is 1. The van der Waals surface area contributed by atoms with Crippen LogP contribution in [-0.4, -0.2) is 64.0 Å². The first-order valence-electron chi connectivity index (χ1n) is 11.3. The molecule has 2 atom stereocenters. The Balaban J connectivity index is 1.46. The van der Waals surface area contributed by atoms with Gasteiger partial charge >= 0.3 is 6.18 Å². The van der Waals surface area contributed by atoms with E-state index in [1.54, 1.807) is 6.07 Å². The smallest absolute Gasteiger partial charge is 0.376 e. The Bertz CT molecular complexity index is 873. The molecule has 0 unspecified atom stereocenters. The summed E-state index contributed by atoms with van der Waals surface area (Å²) in [5.41, 5.74) is 0.00604. The summed E-state index contributed by atoms with van der Waals surface area (Å²) in [6.07, 6.45) is -1.19. The van der Waals surface area contributed by atoms with Crippen LogP contribution in [0.5, 0.6) is 0 Å². The van der Waals surface area contributed by atoms with Crippen LogP contribution in [0.2, 0.25) is 0 Å². The SMILES string of the molecule is CC(C)C[C@H](c1nnnn1C[C@@H]1CCCO1)N1CCN(c2cccc(C(F)(F)F)c2)CC1. The van der Waals surface area contributed by atoms with E-state index in [4.69, 9.17) is 4.74 Å². The Morgan fingerprint density at radius 3 is 2.59 bits per heavy atom. The average Bonchev–Trinajstić information content (AvgIpc) is 3.44. The normalized spacial score (nSPS) is 21.4. The lowest BCUT2D eigenvalue weighted by molar-refractivity contribution is -0.137. The molecule has 2 aromatic rings. The Labute approximate surface area is 186 Å². The number of rotatable bonds is 7. The van der Waals surface area contributed by atoms with Crippen molar-refractivity contribution in [2.24, 2.45) is 5.92 Å². The molecule has 2 aliphatic heterocycles. The summed E-state index contributed by atoms with van der Waals surface area (Å²) in [7, 11) is 0. The number of anilines is 1. The van der Waals surface area contributed by atoms with Crippen LogP contribution in [0, 0.1) is 5.92 Å². The minimum atomic E-state index is -4.33. The van der Waals surface area contributed by atoms with Gasteiger partial charge in [0.2, 0.25) is 0 Å². The van der Waals surface area contributed by atoms with Crippen molar-refractivity contribution in [3.8, 4) is 0 Å². The number of nitrogens with zero attached hydrogens (tertiary/aromatic N) is 6. The van der Waals surface area contributed by atoms with Gasteiger partial charge in [0.1, 0.15) is 0 Å². The second-order valence-corrected chi connectivity index (χ2v) is 9.07. The molecule has 2 saturated heterocycles. The minimum Gasteiger partial charge on any atom is -0.376 e. The van der Waals surface area contributed by atoms with E-state index < -0.39 is 11.7 Å². The molecule has 1 aromatic carbocycles. The fourth-order valence-electron chi connectivity index (χ4n) is 4.60. The van der Waals surface area contributed by atoms with Crippen LogP contribution in [0.1, 0.15) is 50.5 Å². The summed E-state index contributed by atoms with van der Waals surface area (Å²) in [6, 6.07) is 5.65. The van der Waals surface area contributed by atoms with Gasteiger partial charge in [-0.25, -0.2) is 4.68 Å². The first-order valence-corrected chi connectivity index (χ1v) is 11.3. The van der Waals surface area contributed by atoms with E-state index >= 15 is 0 Å². The first kappa shape index (κ1) is 23.0. The van der Waals surface area contributed by atoms with Crippen molar-refractivity contribution in [2.45, 2.75) is 58.0 Å². The minimum absolute atomic E-state index is 0.0649. The number of aromatic nitrogens is 4. The summed E-state index contributed by atoms with van der Waals surface area (Å²) in [4.78, 5) is 4.38. The topological polar surface area (TPSA) is 59.3 Å². The molecular weight excluding hydrogens is 421 g/mol.